The fraction of sp³-hybridized carbons (Fsp3) is 0.115. The van der Waals surface area contributed by atoms with Crippen molar-refractivity contribution in [2.45, 2.75) is 13.3 Å². The second kappa shape index (κ2) is 8.86. The van der Waals surface area contributed by atoms with Crippen LogP contribution in [0.1, 0.15) is 43.4 Å². The summed E-state index contributed by atoms with van der Waals surface area (Å²) in [5.41, 5.74) is 3.66. The number of carbonyl (C=O) groups is 2. The van der Waals surface area contributed by atoms with E-state index in [4.69, 9.17) is 0 Å². The molecule has 0 aliphatic carbocycles. The zero-order valence-corrected chi connectivity index (χ0v) is 19.1. The van der Waals surface area contributed by atoms with Crippen molar-refractivity contribution < 1.29 is 14.7 Å². The van der Waals surface area contributed by atoms with Crippen LogP contribution in [0.4, 0.5) is 5.82 Å². The summed E-state index contributed by atoms with van der Waals surface area (Å²) in [6, 6.07) is 14.0. The van der Waals surface area contributed by atoms with E-state index in [1.165, 1.54) is 6.21 Å². The molecule has 0 radical (unpaired) electrons. The Hall–Kier alpha value is -4.79. The lowest BCUT2D eigenvalue weighted by Gasteiger charge is -2.06. The van der Waals surface area contributed by atoms with Crippen molar-refractivity contribution in [1.82, 2.24) is 24.7 Å². The molecule has 0 saturated carbocycles. The third-order valence-corrected chi connectivity index (χ3v) is 5.72. The first-order valence-electron chi connectivity index (χ1n) is 10.9. The monoisotopic (exact) mass is 466 g/mol. The van der Waals surface area contributed by atoms with E-state index in [0.29, 0.717) is 39.2 Å². The highest BCUT2D eigenvalue weighted by Crippen LogP contribution is 2.28. The number of carbonyl (C=O) groups excluding carboxylic acids is 2. The molecule has 0 atom stereocenters. The van der Waals surface area contributed by atoms with Gasteiger partial charge in [0.25, 0.3) is 0 Å². The number of imidazole rings is 1. The zero-order valence-electron chi connectivity index (χ0n) is 19.1. The van der Waals surface area contributed by atoms with E-state index in [-0.39, 0.29) is 23.9 Å². The Kier molecular flexibility index (Phi) is 5.58. The smallest absolute Gasteiger partial charge is 0.202 e. The molecule has 3 heterocycles. The maximum Gasteiger partial charge on any atom is 0.202 e. The first-order valence-corrected chi connectivity index (χ1v) is 10.9. The highest BCUT2D eigenvalue weighted by Gasteiger charge is 2.16. The number of fused-ring (bicyclic) bond motifs is 1. The lowest BCUT2D eigenvalue weighted by Crippen LogP contribution is -2.11. The van der Waals surface area contributed by atoms with Crippen LogP contribution in [0.3, 0.4) is 0 Å². The van der Waals surface area contributed by atoms with Crippen molar-refractivity contribution in [2.75, 3.05) is 0 Å². The molecule has 2 aromatic carbocycles. The first-order chi connectivity index (χ1) is 16.9. The number of ketones is 2. The molecule has 174 valence electrons. The van der Waals surface area contributed by atoms with Gasteiger partial charge in [0.15, 0.2) is 23.3 Å². The Morgan fingerprint density at radius 3 is 2.71 bits per heavy atom. The van der Waals surface area contributed by atoms with Gasteiger partial charge >= 0.3 is 0 Å². The van der Waals surface area contributed by atoms with Gasteiger partial charge in [0.05, 0.1) is 5.56 Å². The fourth-order valence-corrected chi connectivity index (χ4v) is 3.96. The van der Waals surface area contributed by atoms with Crippen LogP contribution < -0.4 is 0 Å². The second-order valence-electron chi connectivity index (χ2n) is 8.31. The van der Waals surface area contributed by atoms with Crippen molar-refractivity contribution in [1.29, 1.82) is 0 Å². The molecule has 5 rings (SSSR count). The van der Waals surface area contributed by atoms with Gasteiger partial charge in [-0.3, -0.25) is 14.7 Å². The first kappa shape index (κ1) is 22.0. The molecule has 0 unspecified atom stereocenters. The van der Waals surface area contributed by atoms with Crippen molar-refractivity contribution >= 4 is 34.5 Å². The predicted molar refractivity (Wildman–Crippen MR) is 132 cm³/mol. The Balaban J connectivity index is 1.43. The molecule has 0 fully saturated rings. The molecule has 0 aliphatic heterocycles. The number of hydrogen-bond donors (Lipinski definition) is 3. The third-order valence-electron chi connectivity index (χ3n) is 5.72. The highest BCUT2D eigenvalue weighted by atomic mass is 16.3. The second-order valence-corrected chi connectivity index (χ2v) is 8.31. The summed E-state index contributed by atoms with van der Waals surface area (Å²) in [5, 5.41) is 17.9. The van der Waals surface area contributed by atoms with Crippen LogP contribution in [0.25, 0.3) is 10.9 Å². The number of benzene rings is 2. The van der Waals surface area contributed by atoms with E-state index in [1.54, 1.807) is 66.5 Å². The third kappa shape index (κ3) is 4.39. The summed E-state index contributed by atoms with van der Waals surface area (Å²) >= 11 is 0. The fourth-order valence-electron chi connectivity index (χ4n) is 3.96. The average molecular weight is 467 g/mol. The van der Waals surface area contributed by atoms with Crippen LogP contribution in [0.5, 0.6) is 5.88 Å². The SMILES string of the molecule is Cc1cc(N=Cc2c(O)[nH]c3ccc(C(=O)c4cccc(CC(=O)c5nccn5C)c4)cc23)n[nH]1. The Morgan fingerprint density at radius 1 is 1.14 bits per heavy atom. The van der Waals surface area contributed by atoms with Crippen LogP contribution in [0.2, 0.25) is 0 Å². The standard InChI is InChI=1S/C26H22N6O3/c1-15-10-23(31-30-15)28-14-20-19-13-18(6-7-21(19)29-26(20)35)24(34)17-5-3-4-16(11-17)12-22(33)25-27-8-9-32(25)2/h3-11,13-14,29,35H,12H2,1-2H3,(H,30,31). The molecule has 35 heavy (non-hydrogen) atoms. The predicted octanol–water partition coefficient (Wildman–Crippen LogP) is 4.05. The summed E-state index contributed by atoms with van der Waals surface area (Å²) in [4.78, 5) is 37.2. The van der Waals surface area contributed by atoms with Gasteiger partial charge in [0.1, 0.15) is 0 Å². The molecular formula is C26H22N6O3. The van der Waals surface area contributed by atoms with Gasteiger partial charge < -0.3 is 14.7 Å². The molecule has 3 N–H and O–H groups in total. The summed E-state index contributed by atoms with van der Waals surface area (Å²) in [5.74, 6) is 0.501. The van der Waals surface area contributed by atoms with Crippen molar-refractivity contribution in [2.24, 2.45) is 12.0 Å². The summed E-state index contributed by atoms with van der Waals surface area (Å²) in [7, 11) is 1.77. The molecule has 0 saturated heterocycles. The zero-order chi connectivity index (χ0) is 24.5. The number of aliphatic imine (C=N–C) groups is 1. The van der Waals surface area contributed by atoms with Crippen LogP contribution in [-0.4, -0.2) is 47.6 Å². The lowest BCUT2D eigenvalue weighted by atomic mass is 9.98. The number of aromatic hydroxyl groups is 1. The van der Waals surface area contributed by atoms with Crippen molar-refractivity contribution in [3.8, 4) is 5.88 Å². The number of hydrogen-bond acceptors (Lipinski definition) is 6. The Morgan fingerprint density at radius 2 is 1.97 bits per heavy atom. The number of aryl methyl sites for hydroxylation is 2. The van der Waals surface area contributed by atoms with Crippen LogP contribution in [0.15, 0.2) is 65.9 Å². The minimum Gasteiger partial charge on any atom is -0.494 e. The molecule has 0 amide bonds. The van der Waals surface area contributed by atoms with Crippen molar-refractivity contribution in [3.63, 3.8) is 0 Å². The summed E-state index contributed by atoms with van der Waals surface area (Å²) in [6.45, 7) is 1.87. The number of nitrogens with zero attached hydrogens (tertiary/aromatic N) is 4. The summed E-state index contributed by atoms with van der Waals surface area (Å²) < 4.78 is 1.67. The van der Waals surface area contributed by atoms with E-state index < -0.39 is 0 Å². The number of H-pyrrole nitrogens is 2. The maximum absolute atomic E-state index is 13.3. The minimum atomic E-state index is -0.190. The molecule has 5 aromatic rings. The van der Waals surface area contributed by atoms with Crippen LogP contribution in [-0.2, 0) is 13.5 Å². The van der Waals surface area contributed by atoms with Gasteiger partial charge in [0.2, 0.25) is 5.78 Å². The van der Waals surface area contributed by atoms with E-state index in [9.17, 15) is 14.7 Å². The van der Waals surface area contributed by atoms with E-state index in [1.807, 2.05) is 13.0 Å². The maximum atomic E-state index is 13.3. The molecule has 9 heteroatoms. The number of aromatic amines is 2. The van der Waals surface area contributed by atoms with E-state index in [0.717, 1.165) is 11.3 Å². The number of Topliss-reactive ketones (excluding diaryl/α,β-unsaturated/α-hetero) is 1. The Bertz CT molecular complexity index is 1600. The van der Waals surface area contributed by atoms with Gasteiger partial charge in [-0.2, -0.15) is 5.10 Å². The van der Waals surface area contributed by atoms with E-state index >= 15 is 0 Å². The molecule has 3 aromatic heterocycles. The molecule has 9 nitrogen and oxygen atoms in total. The van der Waals surface area contributed by atoms with Crippen LogP contribution >= 0.6 is 0 Å². The topological polar surface area (TPSA) is 129 Å². The van der Waals surface area contributed by atoms with Gasteiger partial charge in [-0.1, -0.05) is 18.2 Å². The van der Waals surface area contributed by atoms with Gasteiger partial charge in [0, 0.05) is 65.9 Å². The van der Waals surface area contributed by atoms with Gasteiger partial charge in [-0.15, -0.1) is 0 Å². The van der Waals surface area contributed by atoms with Gasteiger partial charge in [-0.25, -0.2) is 9.98 Å². The number of rotatable bonds is 7. The summed E-state index contributed by atoms with van der Waals surface area (Å²) in [6.07, 6.45) is 4.96. The molecular weight excluding hydrogens is 444 g/mol. The number of aromatic nitrogens is 5. The van der Waals surface area contributed by atoms with Gasteiger partial charge in [-0.05, 0) is 36.8 Å². The average Bonchev–Trinajstić information content (AvgIpc) is 3.55. The Labute approximate surface area is 200 Å². The molecule has 0 spiro atoms. The van der Waals surface area contributed by atoms with Crippen molar-refractivity contribution in [3.05, 3.63) is 94.7 Å². The quantitative estimate of drug-likeness (QED) is 0.246. The number of nitrogens with one attached hydrogen (secondary N) is 2. The van der Waals surface area contributed by atoms with E-state index in [2.05, 4.69) is 25.2 Å². The molecule has 0 bridgehead atoms. The lowest BCUT2D eigenvalue weighted by molar-refractivity contribution is 0.0978. The highest BCUT2D eigenvalue weighted by molar-refractivity contribution is 6.12. The molecule has 0 aliphatic rings. The normalized spacial score (nSPS) is 11.5. The minimum absolute atomic E-state index is 0.0459. The van der Waals surface area contributed by atoms with Crippen LogP contribution in [0, 0.1) is 6.92 Å². The largest absolute Gasteiger partial charge is 0.494 e.